The molecular weight excluding hydrogens is 576 g/mol. The third kappa shape index (κ3) is 4.50. The van der Waals surface area contributed by atoms with E-state index in [-0.39, 0.29) is 30.8 Å². The summed E-state index contributed by atoms with van der Waals surface area (Å²) in [6.45, 7) is 7.19. The zero-order valence-electron chi connectivity index (χ0n) is 26.3. The van der Waals surface area contributed by atoms with Crippen LogP contribution < -0.4 is 15.5 Å². The fraction of sp³-hybridized carbons (Fsp3) is 0.263. The van der Waals surface area contributed by atoms with Gasteiger partial charge in [-0.2, -0.15) is 0 Å². The van der Waals surface area contributed by atoms with Crippen LogP contribution in [0.1, 0.15) is 73.2 Å². The molecule has 46 heavy (non-hydrogen) atoms. The number of nitrogens with one attached hydrogen (secondary N) is 2. The van der Waals surface area contributed by atoms with E-state index in [0.29, 0.717) is 11.4 Å². The van der Waals surface area contributed by atoms with Crippen LogP contribution >= 0.6 is 0 Å². The van der Waals surface area contributed by atoms with Gasteiger partial charge < -0.3 is 20.4 Å². The molecule has 3 heterocycles. The monoisotopic (exact) mass is 612 g/mol. The summed E-state index contributed by atoms with van der Waals surface area (Å²) < 4.78 is 0. The van der Waals surface area contributed by atoms with E-state index < -0.39 is 28.8 Å². The Balaban J connectivity index is 1.22. The van der Waals surface area contributed by atoms with Crippen LogP contribution in [0, 0.1) is 0 Å². The average molecular weight is 613 g/mol. The average Bonchev–Trinajstić information content (AvgIpc) is 3.16. The van der Waals surface area contributed by atoms with Gasteiger partial charge in [0.1, 0.15) is 13.1 Å². The second kappa shape index (κ2) is 10.7. The highest BCUT2D eigenvalue weighted by atomic mass is 16.2. The van der Waals surface area contributed by atoms with Crippen molar-refractivity contribution < 1.29 is 19.2 Å². The molecule has 3 aliphatic heterocycles. The zero-order chi connectivity index (χ0) is 32.4. The minimum Gasteiger partial charge on any atom is -0.344 e. The van der Waals surface area contributed by atoms with E-state index >= 15 is 0 Å². The molecular formula is C38H36N4O4. The van der Waals surface area contributed by atoms with E-state index in [4.69, 9.17) is 0 Å². The summed E-state index contributed by atoms with van der Waals surface area (Å²) in [5.74, 6) is -0.951. The number of hydrogen-bond donors (Lipinski definition) is 2. The van der Waals surface area contributed by atoms with Gasteiger partial charge in [0.25, 0.3) is 0 Å². The smallest absolute Gasteiger partial charge is 0.247 e. The SMILES string of the molecule is CC1(C)C(=O)NC(c2ccccc2NC(=O)CN2C(=O)CN3C(=O)C(C)(C)c4ccccc4C3c3ccccc32)c2ccccc21. The van der Waals surface area contributed by atoms with E-state index in [1.165, 1.54) is 4.90 Å². The zero-order valence-corrected chi connectivity index (χ0v) is 26.3. The van der Waals surface area contributed by atoms with E-state index in [9.17, 15) is 19.2 Å². The molecule has 2 atom stereocenters. The first-order chi connectivity index (χ1) is 22.0. The van der Waals surface area contributed by atoms with Crippen molar-refractivity contribution in [1.82, 2.24) is 10.2 Å². The second-order valence-corrected chi connectivity index (χ2v) is 13.3. The van der Waals surface area contributed by atoms with Crippen LogP contribution in [-0.2, 0) is 30.0 Å². The molecule has 0 saturated heterocycles. The molecule has 2 unspecified atom stereocenters. The van der Waals surface area contributed by atoms with Crippen LogP contribution in [-0.4, -0.2) is 41.6 Å². The van der Waals surface area contributed by atoms with Gasteiger partial charge >= 0.3 is 0 Å². The lowest BCUT2D eigenvalue weighted by atomic mass is 9.73. The molecule has 4 aromatic carbocycles. The number of nitrogens with zero attached hydrogens (tertiary/aromatic N) is 2. The lowest BCUT2D eigenvalue weighted by Crippen LogP contribution is -2.52. The van der Waals surface area contributed by atoms with Crippen molar-refractivity contribution in [3.05, 3.63) is 130 Å². The summed E-state index contributed by atoms with van der Waals surface area (Å²) in [5.41, 5.74) is 5.00. The quantitative estimate of drug-likeness (QED) is 0.324. The molecule has 0 aliphatic carbocycles. The molecule has 0 saturated carbocycles. The number of hydrogen-bond acceptors (Lipinski definition) is 4. The minimum absolute atomic E-state index is 0.0973. The third-order valence-corrected chi connectivity index (χ3v) is 9.80. The van der Waals surface area contributed by atoms with Crippen LogP contribution in [0.5, 0.6) is 0 Å². The molecule has 0 aromatic heterocycles. The maximum Gasteiger partial charge on any atom is 0.247 e. The number of fused-ring (bicyclic) bond motifs is 6. The fourth-order valence-electron chi connectivity index (χ4n) is 7.34. The number of carbonyl (C=O) groups excluding carboxylic acids is 4. The van der Waals surface area contributed by atoms with Gasteiger partial charge in [-0.15, -0.1) is 0 Å². The lowest BCUT2D eigenvalue weighted by Gasteiger charge is -2.43. The van der Waals surface area contributed by atoms with Crippen LogP contribution in [0.25, 0.3) is 0 Å². The van der Waals surface area contributed by atoms with Crippen molar-refractivity contribution >= 4 is 35.0 Å². The highest BCUT2D eigenvalue weighted by Gasteiger charge is 2.48. The molecule has 0 fully saturated rings. The normalized spacial score (nSPS) is 20.8. The van der Waals surface area contributed by atoms with Crippen molar-refractivity contribution in [1.29, 1.82) is 0 Å². The molecule has 0 radical (unpaired) electrons. The Morgan fingerprint density at radius 3 is 2.02 bits per heavy atom. The Bertz CT molecular complexity index is 1930. The van der Waals surface area contributed by atoms with Gasteiger partial charge in [0.2, 0.25) is 23.6 Å². The van der Waals surface area contributed by atoms with Crippen molar-refractivity contribution in [2.75, 3.05) is 23.3 Å². The molecule has 8 heteroatoms. The molecule has 2 N–H and O–H groups in total. The number of carbonyl (C=O) groups is 4. The van der Waals surface area contributed by atoms with Crippen molar-refractivity contribution in [3.63, 3.8) is 0 Å². The molecule has 4 amide bonds. The molecule has 8 nitrogen and oxygen atoms in total. The van der Waals surface area contributed by atoms with E-state index in [1.54, 1.807) is 11.0 Å². The predicted octanol–water partition coefficient (Wildman–Crippen LogP) is 5.38. The maximum atomic E-state index is 13.9. The van der Waals surface area contributed by atoms with Gasteiger partial charge in [-0.25, -0.2) is 0 Å². The van der Waals surface area contributed by atoms with Crippen LogP contribution in [0.2, 0.25) is 0 Å². The summed E-state index contributed by atoms with van der Waals surface area (Å²) in [5, 5.41) is 6.19. The topological polar surface area (TPSA) is 98.8 Å². The number of amides is 4. The standard InChI is InChI=1S/C38H36N4O4/c1-37(2)27-17-9-5-13-23(27)33(40-35(37)45)25-15-7-11-19-29(25)39-31(43)21-41-30-20-12-8-16-26(30)34-24-14-6-10-18-28(24)38(3,4)36(46)42(34)22-32(41)44/h5-20,33-34H,21-22H2,1-4H3,(H,39,43)(H,40,45). The van der Waals surface area contributed by atoms with E-state index in [2.05, 4.69) is 10.6 Å². The lowest BCUT2D eigenvalue weighted by molar-refractivity contribution is -0.142. The highest BCUT2D eigenvalue weighted by molar-refractivity contribution is 6.06. The second-order valence-electron chi connectivity index (χ2n) is 13.3. The molecule has 0 spiro atoms. The number of rotatable bonds is 4. The van der Waals surface area contributed by atoms with E-state index in [0.717, 1.165) is 33.4 Å². The molecule has 0 bridgehead atoms. The Hall–Kier alpha value is -5.24. The van der Waals surface area contributed by atoms with Gasteiger partial charge in [-0.05, 0) is 62.1 Å². The van der Waals surface area contributed by atoms with Gasteiger partial charge in [-0.3, -0.25) is 19.2 Å². The Kier molecular flexibility index (Phi) is 6.85. The molecule has 3 aliphatic rings. The number of benzene rings is 4. The first-order valence-electron chi connectivity index (χ1n) is 15.6. The number of anilines is 2. The molecule has 232 valence electrons. The highest BCUT2D eigenvalue weighted by Crippen LogP contribution is 2.47. The van der Waals surface area contributed by atoms with Crippen LogP contribution in [0.15, 0.2) is 97.1 Å². The third-order valence-electron chi connectivity index (χ3n) is 9.80. The van der Waals surface area contributed by atoms with Gasteiger partial charge in [0.05, 0.1) is 22.9 Å². The van der Waals surface area contributed by atoms with Gasteiger partial charge in [0, 0.05) is 22.5 Å². The van der Waals surface area contributed by atoms with Crippen LogP contribution in [0.3, 0.4) is 0 Å². The van der Waals surface area contributed by atoms with Crippen molar-refractivity contribution in [3.8, 4) is 0 Å². The first-order valence-corrected chi connectivity index (χ1v) is 15.6. The Morgan fingerprint density at radius 2 is 1.30 bits per heavy atom. The largest absolute Gasteiger partial charge is 0.344 e. The summed E-state index contributed by atoms with van der Waals surface area (Å²) in [6.07, 6.45) is 0. The van der Waals surface area contributed by atoms with Crippen molar-refractivity contribution in [2.24, 2.45) is 0 Å². The minimum atomic E-state index is -0.805. The van der Waals surface area contributed by atoms with E-state index in [1.807, 2.05) is 119 Å². The fourth-order valence-corrected chi connectivity index (χ4v) is 7.34. The summed E-state index contributed by atoms with van der Waals surface area (Å²) in [7, 11) is 0. The first kappa shape index (κ1) is 29.5. The van der Waals surface area contributed by atoms with Crippen molar-refractivity contribution in [2.45, 2.75) is 50.6 Å². The predicted molar refractivity (Wildman–Crippen MR) is 176 cm³/mol. The maximum absolute atomic E-state index is 13.9. The summed E-state index contributed by atoms with van der Waals surface area (Å²) in [6, 6.07) is 29.7. The Labute approximate surface area is 268 Å². The molecule has 4 aromatic rings. The summed E-state index contributed by atoms with van der Waals surface area (Å²) >= 11 is 0. The Morgan fingerprint density at radius 1 is 0.739 bits per heavy atom. The molecule has 7 rings (SSSR count). The van der Waals surface area contributed by atoms with Gasteiger partial charge in [-0.1, -0.05) is 84.9 Å². The van der Waals surface area contributed by atoms with Gasteiger partial charge in [0.15, 0.2) is 0 Å². The van der Waals surface area contributed by atoms with Crippen LogP contribution in [0.4, 0.5) is 11.4 Å². The number of para-hydroxylation sites is 2. The summed E-state index contributed by atoms with van der Waals surface area (Å²) in [4.78, 5) is 58.0.